The predicted molar refractivity (Wildman–Crippen MR) is 70.2 cm³/mol. The van der Waals surface area contributed by atoms with E-state index >= 15 is 0 Å². The fraction of sp³-hybridized carbons (Fsp3) is 0.143. The summed E-state index contributed by atoms with van der Waals surface area (Å²) in [6.07, 6.45) is 0.588. The highest BCUT2D eigenvalue weighted by Crippen LogP contribution is 2.28. The Morgan fingerprint density at radius 1 is 1.06 bits per heavy atom. The van der Waals surface area contributed by atoms with Gasteiger partial charge >= 0.3 is 0 Å². The Labute approximate surface area is 110 Å². The molecule has 1 unspecified atom stereocenters. The number of hydrogen-bond acceptors (Lipinski definition) is 0. The van der Waals surface area contributed by atoms with Crippen LogP contribution < -0.4 is 0 Å². The molecule has 0 bridgehead atoms. The van der Waals surface area contributed by atoms with Crippen molar-refractivity contribution in [2.45, 2.75) is 11.8 Å². The molecule has 88 valence electrons. The first-order chi connectivity index (χ1) is 8.16. The summed E-state index contributed by atoms with van der Waals surface area (Å²) in [6, 6.07) is 13.9. The molecule has 2 aromatic carbocycles. The molecule has 1 atom stereocenters. The molecule has 0 aliphatic rings. The van der Waals surface area contributed by atoms with E-state index in [-0.39, 0.29) is 11.2 Å². The van der Waals surface area contributed by atoms with Crippen molar-refractivity contribution in [2.24, 2.45) is 0 Å². The van der Waals surface area contributed by atoms with Crippen molar-refractivity contribution in [1.29, 1.82) is 0 Å². The van der Waals surface area contributed by atoms with Gasteiger partial charge in [-0.25, -0.2) is 4.39 Å². The lowest BCUT2D eigenvalue weighted by atomic mass is 10.0. The van der Waals surface area contributed by atoms with Crippen LogP contribution in [0.1, 0.15) is 16.5 Å². The third-order valence-electron chi connectivity index (χ3n) is 2.57. The van der Waals surface area contributed by atoms with Crippen molar-refractivity contribution in [3.05, 3.63) is 70.5 Å². The van der Waals surface area contributed by atoms with Crippen LogP contribution in [0.15, 0.2) is 48.5 Å². The summed E-state index contributed by atoms with van der Waals surface area (Å²) in [5.74, 6) is -0.271. The van der Waals surface area contributed by atoms with Gasteiger partial charge in [-0.3, -0.25) is 0 Å². The van der Waals surface area contributed by atoms with Crippen molar-refractivity contribution >= 4 is 23.2 Å². The molecule has 2 rings (SSSR count). The van der Waals surface area contributed by atoms with E-state index in [0.29, 0.717) is 11.4 Å². The molecule has 0 aromatic heterocycles. The Morgan fingerprint density at radius 2 is 1.82 bits per heavy atom. The second-order valence-electron chi connectivity index (χ2n) is 3.82. The molecule has 0 saturated heterocycles. The van der Waals surface area contributed by atoms with Crippen molar-refractivity contribution in [3.8, 4) is 0 Å². The van der Waals surface area contributed by atoms with E-state index in [4.69, 9.17) is 23.2 Å². The Kier molecular flexibility index (Phi) is 4.03. The van der Waals surface area contributed by atoms with Gasteiger partial charge in [-0.1, -0.05) is 41.9 Å². The van der Waals surface area contributed by atoms with Crippen LogP contribution in [-0.4, -0.2) is 0 Å². The summed E-state index contributed by atoms with van der Waals surface area (Å²) in [7, 11) is 0. The summed E-state index contributed by atoms with van der Waals surface area (Å²) < 4.78 is 13.1. The third-order valence-corrected chi connectivity index (χ3v) is 3.34. The maximum absolute atomic E-state index is 13.1. The first-order valence-electron chi connectivity index (χ1n) is 5.30. The molecule has 0 radical (unpaired) electrons. The van der Waals surface area contributed by atoms with E-state index in [1.54, 1.807) is 6.07 Å². The molecular weight excluding hydrogens is 258 g/mol. The second kappa shape index (κ2) is 5.52. The molecule has 0 spiro atoms. The summed E-state index contributed by atoms with van der Waals surface area (Å²) >= 11 is 12.3. The lowest BCUT2D eigenvalue weighted by molar-refractivity contribution is 0.624. The molecule has 0 N–H and O–H groups in total. The van der Waals surface area contributed by atoms with Gasteiger partial charge in [0.2, 0.25) is 0 Å². The van der Waals surface area contributed by atoms with Gasteiger partial charge < -0.3 is 0 Å². The average Bonchev–Trinajstić information content (AvgIpc) is 2.32. The van der Waals surface area contributed by atoms with Gasteiger partial charge in [0.05, 0.1) is 5.38 Å². The van der Waals surface area contributed by atoms with Gasteiger partial charge in [0, 0.05) is 5.02 Å². The Hall–Kier alpha value is -1.05. The normalized spacial score (nSPS) is 12.4. The minimum Gasteiger partial charge on any atom is -0.207 e. The lowest BCUT2D eigenvalue weighted by Gasteiger charge is -2.11. The molecular formula is C14H11Cl2F. The largest absolute Gasteiger partial charge is 0.207 e. The molecule has 0 aliphatic heterocycles. The quantitative estimate of drug-likeness (QED) is 0.688. The number of hydrogen-bond donors (Lipinski definition) is 0. The van der Waals surface area contributed by atoms with E-state index in [1.807, 2.05) is 30.3 Å². The van der Waals surface area contributed by atoms with E-state index in [2.05, 4.69) is 0 Å². The van der Waals surface area contributed by atoms with Gasteiger partial charge in [0.1, 0.15) is 5.82 Å². The zero-order valence-electron chi connectivity index (χ0n) is 9.04. The van der Waals surface area contributed by atoms with Gasteiger partial charge in [0.25, 0.3) is 0 Å². The van der Waals surface area contributed by atoms with Crippen LogP contribution in [0.5, 0.6) is 0 Å². The van der Waals surface area contributed by atoms with Crippen LogP contribution in [0.2, 0.25) is 5.02 Å². The van der Waals surface area contributed by atoms with Crippen molar-refractivity contribution < 1.29 is 4.39 Å². The number of rotatable bonds is 3. The van der Waals surface area contributed by atoms with Crippen molar-refractivity contribution in [3.63, 3.8) is 0 Å². The van der Waals surface area contributed by atoms with E-state index in [9.17, 15) is 4.39 Å². The molecule has 0 amide bonds. The smallest absolute Gasteiger partial charge is 0.123 e. The maximum Gasteiger partial charge on any atom is 0.123 e. The van der Waals surface area contributed by atoms with E-state index < -0.39 is 0 Å². The van der Waals surface area contributed by atoms with Crippen molar-refractivity contribution in [2.75, 3.05) is 0 Å². The summed E-state index contributed by atoms with van der Waals surface area (Å²) in [5, 5.41) is 0.417. The lowest BCUT2D eigenvalue weighted by Crippen LogP contribution is -1.97. The minimum atomic E-state index is -0.273. The average molecular weight is 269 g/mol. The number of benzene rings is 2. The molecule has 0 saturated carbocycles. The highest BCUT2D eigenvalue weighted by molar-refractivity contribution is 6.31. The highest BCUT2D eigenvalue weighted by Gasteiger charge is 2.11. The highest BCUT2D eigenvalue weighted by atomic mass is 35.5. The Balaban J connectivity index is 2.17. The van der Waals surface area contributed by atoms with Crippen LogP contribution in [0, 0.1) is 5.82 Å². The summed E-state index contributed by atoms with van der Waals surface area (Å²) in [4.78, 5) is 0. The Morgan fingerprint density at radius 3 is 2.53 bits per heavy atom. The van der Waals surface area contributed by atoms with Gasteiger partial charge in [-0.15, -0.1) is 11.6 Å². The minimum absolute atomic E-state index is 0.271. The molecule has 3 heteroatoms. The molecule has 0 heterocycles. The van der Waals surface area contributed by atoms with Crippen LogP contribution in [0.4, 0.5) is 4.39 Å². The van der Waals surface area contributed by atoms with Crippen LogP contribution in [-0.2, 0) is 6.42 Å². The second-order valence-corrected chi connectivity index (χ2v) is 4.75. The molecule has 2 aromatic rings. The first-order valence-corrected chi connectivity index (χ1v) is 6.11. The number of alkyl halides is 1. The molecule has 0 aliphatic carbocycles. The zero-order chi connectivity index (χ0) is 12.3. The molecule has 0 fully saturated rings. The fourth-order valence-electron chi connectivity index (χ4n) is 1.68. The third kappa shape index (κ3) is 3.21. The zero-order valence-corrected chi connectivity index (χ0v) is 10.5. The maximum atomic E-state index is 13.1. The monoisotopic (exact) mass is 268 g/mol. The number of halogens is 3. The van der Waals surface area contributed by atoms with Crippen LogP contribution in [0.25, 0.3) is 0 Å². The van der Waals surface area contributed by atoms with E-state index in [1.165, 1.54) is 12.1 Å². The summed E-state index contributed by atoms with van der Waals surface area (Å²) in [6.45, 7) is 0. The van der Waals surface area contributed by atoms with Gasteiger partial charge in [0.15, 0.2) is 0 Å². The fourth-order valence-corrected chi connectivity index (χ4v) is 2.19. The molecule has 0 nitrogen and oxygen atoms in total. The Bertz CT molecular complexity index is 511. The SMILES string of the molecule is Fc1cccc(C(Cl)Cc2ccccc2Cl)c1. The topological polar surface area (TPSA) is 0 Å². The predicted octanol–water partition coefficient (Wildman–Crippen LogP) is 5.00. The molecule has 17 heavy (non-hydrogen) atoms. The van der Waals surface area contributed by atoms with Crippen LogP contribution in [0.3, 0.4) is 0 Å². The van der Waals surface area contributed by atoms with Gasteiger partial charge in [-0.2, -0.15) is 0 Å². The summed E-state index contributed by atoms with van der Waals surface area (Å²) in [5.41, 5.74) is 1.74. The van der Waals surface area contributed by atoms with Crippen molar-refractivity contribution in [1.82, 2.24) is 0 Å². The van der Waals surface area contributed by atoms with E-state index in [0.717, 1.165) is 11.1 Å². The first kappa shape index (κ1) is 12.4. The van der Waals surface area contributed by atoms with Crippen LogP contribution >= 0.6 is 23.2 Å². The van der Waals surface area contributed by atoms with Gasteiger partial charge in [-0.05, 0) is 35.7 Å². The standard InChI is InChI=1S/C14H11Cl2F/c15-13-7-2-1-4-11(13)9-14(16)10-5-3-6-12(17)8-10/h1-8,14H,9H2.